The average molecular weight is 1020 g/mol. The van der Waals surface area contributed by atoms with E-state index in [9.17, 15) is 43.3 Å². The van der Waals surface area contributed by atoms with Gasteiger partial charge in [-0.15, -0.1) is 0 Å². The number of nitrogens with one attached hydrogen (secondary N) is 1. The van der Waals surface area contributed by atoms with Crippen molar-refractivity contribution in [2.24, 2.45) is 0 Å². The van der Waals surface area contributed by atoms with Gasteiger partial charge in [-0.3, -0.25) is 9.35 Å². The number of allylic oxidation sites excluding steroid dienone is 3. The van der Waals surface area contributed by atoms with E-state index in [1.165, 1.54) is 173 Å². The molecule has 0 aromatic carbocycles. The largest absolute Gasteiger partial charge is 0.397 e. The molecule has 0 bridgehead atoms. The zero-order valence-corrected chi connectivity index (χ0v) is 45.3. The minimum absolute atomic E-state index is 0.238. The van der Waals surface area contributed by atoms with Gasteiger partial charge in [-0.2, -0.15) is 8.42 Å². The van der Waals surface area contributed by atoms with Crippen LogP contribution in [0.5, 0.6) is 0 Å². The molecule has 1 heterocycles. The molecule has 70 heavy (non-hydrogen) atoms. The van der Waals surface area contributed by atoms with Crippen molar-refractivity contribution in [3.8, 4) is 0 Å². The van der Waals surface area contributed by atoms with Gasteiger partial charge < -0.3 is 40.3 Å². The number of ether oxygens (including phenoxy) is 2. The Morgan fingerprint density at radius 3 is 1.33 bits per heavy atom. The molecule has 14 heteroatoms. The molecule has 0 saturated carbocycles. The van der Waals surface area contributed by atoms with Gasteiger partial charge in [0.1, 0.15) is 30.5 Å². The number of rotatable bonds is 50. The summed E-state index contributed by atoms with van der Waals surface area (Å²) in [7, 11) is -5.12. The molecule has 0 aromatic heterocycles. The van der Waals surface area contributed by atoms with Crippen molar-refractivity contribution in [2.75, 3.05) is 13.2 Å². The van der Waals surface area contributed by atoms with Crippen LogP contribution >= 0.6 is 0 Å². The fraction of sp³-hybridized carbons (Fsp3) is 0.911. The van der Waals surface area contributed by atoms with Gasteiger partial charge >= 0.3 is 10.4 Å². The SMILES string of the molecule is CCCCCCCCCCCCCC/C=C\CCCCCCCCC(O)C(=O)NC(COC1OC(CO)C(O)C(OS(=O)(=O)O)C1O)C(O)/C=C/CCCCCCCCCCCCCCCCCCC. The summed E-state index contributed by atoms with van der Waals surface area (Å²) in [6, 6.07) is -1.12. The van der Waals surface area contributed by atoms with Crippen molar-refractivity contribution < 1.29 is 57.0 Å². The van der Waals surface area contributed by atoms with Crippen LogP contribution in [0, 0.1) is 0 Å². The van der Waals surface area contributed by atoms with Crippen LogP contribution < -0.4 is 5.32 Å². The summed E-state index contributed by atoms with van der Waals surface area (Å²) < 4.78 is 47.7. The van der Waals surface area contributed by atoms with E-state index in [1.807, 2.05) is 6.08 Å². The Morgan fingerprint density at radius 2 is 0.943 bits per heavy atom. The molecule has 0 aliphatic carbocycles. The van der Waals surface area contributed by atoms with E-state index < -0.39 is 78.5 Å². The minimum Gasteiger partial charge on any atom is -0.394 e. The topological polar surface area (TPSA) is 212 Å². The Labute approximate surface area is 427 Å². The Balaban J connectivity index is 2.44. The second-order valence-electron chi connectivity index (χ2n) is 20.4. The summed E-state index contributed by atoms with van der Waals surface area (Å²) in [6.45, 7) is 3.26. The number of unbranched alkanes of at least 4 members (excludes halogenated alkanes) is 35. The van der Waals surface area contributed by atoms with E-state index in [1.54, 1.807) is 6.08 Å². The smallest absolute Gasteiger partial charge is 0.394 e. The summed E-state index contributed by atoms with van der Waals surface area (Å²) >= 11 is 0. The third-order valence-corrected chi connectivity index (χ3v) is 14.3. The van der Waals surface area contributed by atoms with Crippen LogP contribution in [-0.2, 0) is 28.9 Å². The molecular formula is C56H107NO12S. The Hall–Kier alpha value is -1.46. The molecule has 1 aliphatic heterocycles. The zero-order chi connectivity index (χ0) is 51.3. The second kappa shape index (κ2) is 46.1. The first-order chi connectivity index (χ1) is 33.9. The van der Waals surface area contributed by atoms with Crippen molar-refractivity contribution in [1.29, 1.82) is 0 Å². The highest BCUT2D eigenvalue weighted by Gasteiger charge is 2.48. The molecule has 1 aliphatic rings. The predicted molar refractivity (Wildman–Crippen MR) is 284 cm³/mol. The van der Waals surface area contributed by atoms with E-state index in [0.717, 1.165) is 57.8 Å². The molecule has 0 aromatic rings. The van der Waals surface area contributed by atoms with Crippen LogP contribution in [0.25, 0.3) is 0 Å². The first kappa shape index (κ1) is 66.6. The lowest BCUT2D eigenvalue weighted by Crippen LogP contribution is -2.61. The Bertz CT molecular complexity index is 1350. The second-order valence-corrected chi connectivity index (χ2v) is 21.4. The zero-order valence-electron chi connectivity index (χ0n) is 44.5. The minimum atomic E-state index is -5.12. The fourth-order valence-corrected chi connectivity index (χ4v) is 9.79. The molecule has 8 unspecified atom stereocenters. The van der Waals surface area contributed by atoms with Gasteiger partial charge in [0.2, 0.25) is 5.91 Å². The summed E-state index contributed by atoms with van der Waals surface area (Å²) in [5, 5.41) is 55.5. The van der Waals surface area contributed by atoms with E-state index >= 15 is 0 Å². The van der Waals surface area contributed by atoms with Gasteiger partial charge in [0, 0.05) is 0 Å². The van der Waals surface area contributed by atoms with Crippen LogP contribution in [-0.4, -0.2) is 107 Å². The number of aliphatic hydroxyl groups excluding tert-OH is 5. The standard InChI is InChI=1S/C56H107NO12S/c1-3-5-7-9-11-13-15-17-19-21-23-24-25-27-29-31-33-35-37-39-41-43-45-50(60)55(63)57-48(47-67-56-53(62)54(69-70(64,65)66)52(61)51(46-58)68-56)49(59)44-42-40-38-36-34-32-30-28-26-22-20-18-16-14-12-10-8-6-4-2/h27,29,42,44,48-54,56,58-62H,3-26,28,30-41,43,45-47H2,1-2H3,(H,57,63)(H,64,65,66)/b29-27-,44-42+. The lowest BCUT2D eigenvalue weighted by Gasteiger charge is -2.41. The normalized spacial score (nSPS) is 20.1. The number of carbonyl (C=O) groups is 1. The number of hydrogen-bond donors (Lipinski definition) is 7. The summed E-state index contributed by atoms with van der Waals surface area (Å²) in [5.41, 5.74) is 0. The molecule has 0 radical (unpaired) electrons. The van der Waals surface area contributed by atoms with Crippen LogP contribution in [0.2, 0.25) is 0 Å². The molecule has 1 saturated heterocycles. The van der Waals surface area contributed by atoms with Crippen LogP contribution in [0.4, 0.5) is 0 Å². The number of amides is 1. The van der Waals surface area contributed by atoms with Crippen molar-refractivity contribution >= 4 is 16.3 Å². The first-order valence-electron chi connectivity index (χ1n) is 28.8. The Morgan fingerprint density at radius 1 is 0.571 bits per heavy atom. The summed E-state index contributed by atoms with van der Waals surface area (Å²) in [5.74, 6) is -0.703. The highest BCUT2D eigenvalue weighted by atomic mass is 32.3. The van der Waals surface area contributed by atoms with Crippen molar-refractivity contribution in [3.05, 3.63) is 24.3 Å². The molecule has 13 nitrogen and oxygen atoms in total. The summed E-state index contributed by atoms with van der Waals surface area (Å²) in [4.78, 5) is 13.2. The molecule has 1 amide bonds. The van der Waals surface area contributed by atoms with E-state index in [2.05, 4.69) is 35.5 Å². The lowest BCUT2D eigenvalue weighted by molar-refractivity contribution is -0.298. The fourth-order valence-electron chi connectivity index (χ4n) is 9.28. The highest BCUT2D eigenvalue weighted by Crippen LogP contribution is 2.26. The highest BCUT2D eigenvalue weighted by molar-refractivity contribution is 7.80. The number of hydrogen-bond acceptors (Lipinski definition) is 11. The third-order valence-electron chi connectivity index (χ3n) is 13.8. The molecule has 0 spiro atoms. The molecule has 8 atom stereocenters. The van der Waals surface area contributed by atoms with Crippen molar-refractivity contribution in [1.82, 2.24) is 5.32 Å². The van der Waals surface area contributed by atoms with Crippen LogP contribution in [0.1, 0.15) is 264 Å². The van der Waals surface area contributed by atoms with E-state index in [-0.39, 0.29) is 6.42 Å². The number of aliphatic hydroxyl groups is 5. The van der Waals surface area contributed by atoms with Gasteiger partial charge in [0.25, 0.3) is 0 Å². The first-order valence-corrected chi connectivity index (χ1v) is 30.2. The predicted octanol–water partition coefficient (Wildman–Crippen LogP) is 12.2. The van der Waals surface area contributed by atoms with Crippen LogP contribution in [0.3, 0.4) is 0 Å². The van der Waals surface area contributed by atoms with Gasteiger partial charge in [-0.05, 0) is 44.9 Å². The van der Waals surface area contributed by atoms with Crippen LogP contribution in [0.15, 0.2) is 24.3 Å². The summed E-state index contributed by atoms with van der Waals surface area (Å²) in [6.07, 6.45) is 43.9. The van der Waals surface area contributed by atoms with Gasteiger partial charge in [0.15, 0.2) is 6.29 Å². The average Bonchev–Trinajstić information content (AvgIpc) is 3.33. The lowest BCUT2D eigenvalue weighted by atomic mass is 9.99. The Kier molecular flexibility index (Phi) is 43.8. The maximum Gasteiger partial charge on any atom is 0.397 e. The number of carbonyl (C=O) groups excluding carboxylic acids is 1. The van der Waals surface area contributed by atoms with E-state index in [0.29, 0.717) is 12.8 Å². The maximum atomic E-state index is 13.2. The molecular weight excluding hydrogens is 911 g/mol. The van der Waals surface area contributed by atoms with Crippen molar-refractivity contribution in [2.45, 2.75) is 313 Å². The van der Waals surface area contributed by atoms with Gasteiger partial charge in [-0.25, -0.2) is 4.18 Å². The quantitative estimate of drug-likeness (QED) is 0.0172. The third kappa shape index (κ3) is 37.3. The molecule has 1 fully saturated rings. The van der Waals surface area contributed by atoms with Crippen molar-refractivity contribution in [3.63, 3.8) is 0 Å². The van der Waals surface area contributed by atoms with Gasteiger partial charge in [0.05, 0.1) is 25.4 Å². The monoisotopic (exact) mass is 1020 g/mol. The van der Waals surface area contributed by atoms with Gasteiger partial charge in [-0.1, -0.05) is 244 Å². The van der Waals surface area contributed by atoms with E-state index in [4.69, 9.17) is 9.47 Å². The molecule has 1 rings (SSSR count). The maximum absolute atomic E-state index is 13.2. The molecule has 7 N–H and O–H groups in total. The molecule has 414 valence electrons.